The predicted octanol–water partition coefficient (Wildman–Crippen LogP) is 0.367. The van der Waals surface area contributed by atoms with Crippen LogP contribution in [-0.4, -0.2) is 24.3 Å². The minimum atomic E-state index is 0.236. The molecule has 0 aliphatic heterocycles. The van der Waals surface area contributed by atoms with Gasteiger partial charge in [-0.05, 0) is 19.9 Å². The molecule has 2 nitrogen and oxygen atoms in total. The fourth-order valence-corrected chi connectivity index (χ4v) is 0.455. The first-order chi connectivity index (χ1) is 3.81. The monoisotopic (exact) mass is 117 g/mol. The molecule has 0 radical (unpaired) electrons. The summed E-state index contributed by atoms with van der Waals surface area (Å²) in [6.45, 7) is 5.31. The van der Waals surface area contributed by atoms with E-state index in [2.05, 4.69) is 12.2 Å². The van der Waals surface area contributed by atoms with Gasteiger partial charge in [0.1, 0.15) is 0 Å². The Morgan fingerprint density at radius 1 is 1.62 bits per heavy atom. The summed E-state index contributed by atoms with van der Waals surface area (Å²) in [6.07, 6.45) is 1.13. The molecule has 0 amide bonds. The minimum Gasteiger partial charge on any atom is -0.395 e. The van der Waals surface area contributed by atoms with Crippen molar-refractivity contribution in [2.45, 2.75) is 26.3 Å². The summed E-state index contributed by atoms with van der Waals surface area (Å²) in [6, 6.07) is 0.259. The van der Waals surface area contributed by atoms with Gasteiger partial charge in [-0.15, -0.1) is 0 Å². The summed E-state index contributed by atoms with van der Waals surface area (Å²) in [4.78, 5) is 0. The molecule has 0 bridgehead atoms. The second kappa shape index (κ2) is 5.06. The van der Waals surface area contributed by atoms with E-state index in [1.54, 1.807) is 0 Å². The minimum absolute atomic E-state index is 0.236. The maximum absolute atomic E-state index is 8.50. The Balaban J connectivity index is 2.86. The zero-order chi connectivity index (χ0) is 6.41. The summed E-state index contributed by atoms with van der Waals surface area (Å²) >= 11 is 0. The molecular formula is C6H15NO. The van der Waals surface area contributed by atoms with Gasteiger partial charge >= 0.3 is 0 Å². The molecule has 0 fully saturated rings. The highest BCUT2D eigenvalue weighted by atomic mass is 16.3. The van der Waals surface area contributed by atoms with E-state index >= 15 is 0 Å². The molecule has 0 saturated heterocycles. The van der Waals surface area contributed by atoms with Gasteiger partial charge in [0.05, 0.1) is 6.61 Å². The van der Waals surface area contributed by atoms with Crippen LogP contribution in [-0.2, 0) is 0 Å². The molecule has 50 valence electrons. The molecule has 8 heavy (non-hydrogen) atoms. The fourth-order valence-electron chi connectivity index (χ4n) is 0.455. The molecule has 0 aromatic heterocycles. The van der Waals surface area contributed by atoms with Crippen LogP contribution < -0.4 is 5.32 Å². The van der Waals surface area contributed by atoms with Crippen molar-refractivity contribution in [2.75, 3.05) is 13.2 Å². The molecule has 0 aliphatic rings. The molecule has 0 heterocycles. The molecular weight excluding hydrogens is 102 g/mol. The molecule has 0 spiro atoms. The largest absolute Gasteiger partial charge is 0.395 e. The van der Waals surface area contributed by atoms with E-state index in [1.807, 2.05) is 6.92 Å². The van der Waals surface area contributed by atoms with Crippen molar-refractivity contribution in [3.8, 4) is 0 Å². The average molecular weight is 117 g/mol. The first kappa shape index (κ1) is 7.92. The maximum atomic E-state index is 8.50. The smallest absolute Gasteiger partial charge is 0.0581 e. The lowest BCUT2D eigenvalue weighted by molar-refractivity contribution is 0.252. The van der Waals surface area contributed by atoms with Crippen LogP contribution in [0.1, 0.15) is 20.3 Å². The number of rotatable bonds is 4. The fraction of sp³-hybridized carbons (Fsp3) is 1.00. The van der Waals surface area contributed by atoms with Crippen LogP contribution in [0.25, 0.3) is 0 Å². The lowest BCUT2D eigenvalue weighted by Gasteiger charge is -2.07. The molecule has 0 aliphatic carbocycles. The highest BCUT2D eigenvalue weighted by Crippen LogP contribution is 1.77. The van der Waals surface area contributed by atoms with Crippen molar-refractivity contribution in [2.24, 2.45) is 0 Å². The third-order valence-electron chi connectivity index (χ3n) is 1.02. The lowest BCUT2D eigenvalue weighted by atomic mass is 10.3. The quantitative estimate of drug-likeness (QED) is 0.557. The molecule has 2 N–H and O–H groups in total. The van der Waals surface area contributed by atoms with Crippen molar-refractivity contribution in [3.05, 3.63) is 0 Å². The van der Waals surface area contributed by atoms with E-state index in [9.17, 15) is 0 Å². The van der Waals surface area contributed by atoms with Crippen molar-refractivity contribution in [1.29, 1.82) is 0 Å². The van der Waals surface area contributed by atoms with Gasteiger partial charge in [0.15, 0.2) is 0 Å². The Morgan fingerprint density at radius 3 is 2.62 bits per heavy atom. The molecule has 0 saturated carbocycles. The van der Waals surface area contributed by atoms with Crippen LogP contribution >= 0.6 is 0 Å². The Labute approximate surface area is 50.9 Å². The average Bonchev–Trinajstić information content (AvgIpc) is 1.83. The van der Waals surface area contributed by atoms with Crippen molar-refractivity contribution >= 4 is 0 Å². The Kier molecular flexibility index (Phi) is 5.01. The second-order valence-corrected chi connectivity index (χ2v) is 2.04. The van der Waals surface area contributed by atoms with Gasteiger partial charge in [-0.25, -0.2) is 0 Å². The van der Waals surface area contributed by atoms with E-state index in [1.165, 1.54) is 0 Å². The van der Waals surface area contributed by atoms with Gasteiger partial charge < -0.3 is 10.4 Å². The van der Waals surface area contributed by atoms with Gasteiger partial charge in [-0.1, -0.05) is 6.92 Å². The molecule has 0 aromatic rings. The SMILES string of the molecule is CCCN[C@@H](C)CO. The summed E-state index contributed by atoms with van der Waals surface area (Å²) in [5, 5.41) is 11.6. The number of aliphatic hydroxyl groups excluding tert-OH is 1. The van der Waals surface area contributed by atoms with Crippen LogP contribution in [0.5, 0.6) is 0 Å². The van der Waals surface area contributed by atoms with E-state index in [-0.39, 0.29) is 12.6 Å². The van der Waals surface area contributed by atoms with Gasteiger partial charge in [0.25, 0.3) is 0 Å². The van der Waals surface area contributed by atoms with E-state index in [4.69, 9.17) is 5.11 Å². The number of aliphatic hydroxyl groups is 1. The predicted molar refractivity (Wildman–Crippen MR) is 34.8 cm³/mol. The summed E-state index contributed by atoms with van der Waals surface area (Å²) in [7, 11) is 0. The standard InChI is InChI=1S/C6H15NO/c1-3-4-7-6(2)5-8/h6-8H,3-5H2,1-2H3/t6-/m0/s1. The number of nitrogens with one attached hydrogen (secondary N) is 1. The third kappa shape index (κ3) is 4.09. The Bertz CT molecular complexity index is 47.8. The summed E-state index contributed by atoms with van der Waals surface area (Å²) in [5.41, 5.74) is 0. The molecule has 1 atom stereocenters. The van der Waals surface area contributed by atoms with Gasteiger partial charge in [-0.3, -0.25) is 0 Å². The molecule has 0 aromatic carbocycles. The molecule has 2 heteroatoms. The first-order valence-electron chi connectivity index (χ1n) is 3.15. The highest BCUT2D eigenvalue weighted by Gasteiger charge is 1.93. The number of hydrogen-bond acceptors (Lipinski definition) is 2. The van der Waals surface area contributed by atoms with Crippen molar-refractivity contribution in [1.82, 2.24) is 5.32 Å². The Morgan fingerprint density at radius 2 is 2.25 bits per heavy atom. The van der Waals surface area contributed by atoms with Crippen molar-refractivity contribution in [3.63, 3.8) is 0 Å². The second-order valence-electron chi connectivity index (χ2n) is 2.04. The van der Waals surface area contributed by atoms with Gasteiger partial charge in [-0.2, -0.15) is 0 Å². The summed E-state index contributed by atoms with van der Waals surface area (Å²) in [5.74, 6) is 0. The van der Waals surface area contributed by atoms with Crippen LogP contribution in [0.3, 0.4) is 0 Å². The van der Waals surface area contributed by atoms with Crippen molar-refractivity contribution < 1.29 is 5.11 Å². The first-order valence-corrected chi connectivity index (χ1v) is 3.15. The normalized spacial score (nSPS) is 13.9. The zero-order valence-electron chi connectivity index (χ0n) is 5.65. The van der Waals surface area contributed by atoms with E-state index < -0.39 is 0 Å². The highest BCUT2D eigenvalue weighted by molar-refractivity contribution is 4.55. The van der Waals surface area contributed by atoms with Gasteiger partial charge in [0, 0.05) is 6.04 Å². The topological polar surface area (TPSA) is 32.3 Å². The van der Waals surface area contributed by atoms with Gasteiger partial charge in [0.2, 0.25) is 0 Å². The summed E-state index contributed by atoms with van der Waals surface area (Å²) < 4.78 is 0. The van der Waals surface area contributed by atoms with E-state index in [0.29, 0.717) is 0 Å². The zero-order valence-corrected chi connectivity index (χ0v) is 5.65. The molecule has 0 rings (SSSR count). The lowest BCUT2D eigenvalue weighted by Crippen LogP contribution is -2.29. The molecule has 0 unspecified atom stereocenters. The third-order valence-corrected chi connectivity index (χ3v) is 1.02. The Hall–Kier alpha value is -0.0800. The van der Waals surface area contributed by atoms with Crippen LogP contribution in [0.4, 0.5) is 0 Å². The maximum Gasteiger partial charge on any atom is 0.0581 e. The van der Waals surface area contributed by atoms with E-state index in [0.717, 1.165) is 13.0 Å². The van der Waals surface area contributed by atoms with Crippen LogP contribution in [0.2, 0.25) is 0 Å². The van der Waals surface area contributed by atoms with Crippen LogP contribution in [0, 0.1) is 0 Å². The number of hydrogen-bond donors (Lipinski definition) is 2. The van der Waals surface area contributed by atoms with Crippen LogP contribution in [0.15, 0.2) is 0 Å².